The fourth-order valence-electron chi connectivity index (χ4n) is 3.40. The zero-order chi connectivity index (χ0) is 27.3. The largest absolute Gasteiger partial charge is 0.379 e. The molecule has 0 saturated carbocycles. The van der Waals surface area contributed by atoms with Gasteiger partial charge < -0.3 is 19.0 Å². The van der Waals surface area contributed by atoms with Crippen LogP contribution < -0.4 is 19.0 Å². The second kappa shape index (κ2) is 11.0. The Kier molecular flexibility index (Phi) is 7.70. The maximum atomic E-state index is 12.5. The van der Waals surface area contributed by atoms with E-state index in [0.29, 0.717) is 16.9 Å². The van der Waals surface area contributed by atoms with E-state index in [2.05, 4.69) is 10.6 Å². The van der Waals surface area contributed by atoms with Crippen molar-refractivity contribution in [3.8, 4) is 11.5 Å². The molecule has 4 aromatic rings. The lowest BCUT2D eigenvalue weighted by molar-refractivity contribution is 0.262. The number of nitrogens with one attached hydrogen (secondary N) is 2. The van der Waals surface area contributed by atoms with Crippen LogP contribution in [0.3, 0.4) is 0 Å². The molecule has 38 heavy (non-hydrogen) atoms. The predicted molar refractivity (Wildman–Crippen MR) is 144 cm³/mol. The molecule has 0 aliphatic heterocycles. The Balaban J connectivity index is 1.37. The van der Waals surface area contributed by atoms with E-state index in [4.69, 9.17) is 8.37 Å². The minimum Gasteiger partial charge on any atom is -0.379 e. The van der Waals surface area contributed by atoms with Gasteiger partial charge in [0.1, 0.15) is 21.3 Å². The zero-order valence-electron chi connectivity index (χ0n) is 20.4. The summed E-state index contributed by atoms with van der Waals surface area (Å²) in [5, 5.41) is 5.20. The van der Waals surface area contributed by atoms with Crippen molar-refractivity contribution < 1.29 is 30.0 Å². The number of carbonyl (C=O) groups excluding carboxylic acids is 1. The number of hydrogen-bond donors (Lipinski definition) is 2. The molecule has 11 heteroatoms. The number of carbonyl (C=O) groups is 1. The molecule has 9 nitrogen and oxygen atoms in total. The summed E-state index contributed by atoms with van der Waals surface area (Å²) < 4.78 is 60.5. The molecule has 196 valence electrons. The standard InChI is InChI=1S/C27H24N2O7S2/c1-19-10-16-25(17-11-19)37(31,32)36-24-8-5-7-22(18-24)29-27(30)28-21-12-14-23(15-13-21)35-38(33,34)26-9-4-3-6-20(26)2/h3-18H,1-2H3,(H2,28,29,30). The molecule has 0 aliphatic carbocycles. The second-order valence-corrected chi connectivity index (χ2v) is 11.3. The molecule has 2 amide bonds. The molecule has 0 aliphatic rings. The Morgan fingerprint density at radius 1 is 0.632 bits per heavy atom. The third kappa shape index (κ3) is 6.69. The summed E-state index contributed by atoms with van der Waals surface area (Å²) >= 11 is 0. The Bertz CT molecular complexity index is 1670. The second-order valence-electron chi connectivity index (χ2n) is 8.28. The maximum Gasteiger partial charge on any atom is 0.339 e. The van der Waals surface area contributed by atoms with Crippen molar-refractivity contribution in [3.63, 3.8) is 0 Å². The lowest BCUT2D eigenvalue weighted by atomic mass is 10.2. The van der Waals surface area contributed by atoms with Gasteiger partial charge in [-0.05, 0) is 74.0 Å². The summed E-state index contributed by atoms with van der Waals surface area (Å²) in [5.74, 6) is 0.110. The number of amides is 2. The van der Waals surface area contributed by atoms with Gasteiger partial charge >= 0.3 is 26.3 Å². The Morgan fingerprint density at radius 2 is 1.26 bits per heavy atom. The zero-order valence-corrected chi connectivity index (χ0v) is 22.0. The van der Waals surface area contributed by atoms with Gasteiger partial charge in [-0.15, -0.1) is 0 Å². The van der Waals surface area contributed by atoms with Gasteiger partial charge in [0.05, 0.1) is 0 Å². The molecule has 2 N–H and O–H groups in total. The first kappa shape index (κ1) is 26.7. The molecule has 0 bridgehead atoms. The van der Waals surface area contributed by atoms with Crippen LogP contribution >= 0.6 is 0 Å². The van der Waals surface area contributed by atoms with E-state index in [0.717, 1.165) is 5.56 Å². The number of anilines is 2. The Hall–Kier alpha value is -4.35. The SMILES string of the molecule is Cc1ccc(S(=O)(=O)Oc2cccc(NC(=O)Nc3ccc(OS(=O)(=O)c4ccccc4C)cc3)c2)cc1. The molecular weight excluding hydrogens is 528 g/mol. The highest BCUT2D eigenvalue weighted by Gasteiger charge is 2.19. The molecule has 0 fully saturated rings. The molecule has 4 aromatic carbocycles. The average Bonchev–Trinajstić information content (AvgIpc) is 2.85. The van der Waals surface area contributed by atoms with E-state index in [-0.39, 0.29) is 21.3 Å². The van der Waals surface area contributed by atoms with E-state index in [1.165, 1.54) is 60.7 Å². The molecule has 0 heterocycles. The molecular formula is C27H24N2O7S2. The number of hydrogen-bond acceptors (Lipinski definition) is 7. The highest BCUT2D eigenvalue weighted by Crippen LogP contribution is 2.24. The lowest BCUT2D eigenvalue weighted by Crippen LogP contribution is -2.19. The summed E-state index contributed by atoms with van der Waals surface area (Å²) in [7, 11) is -8.06. The van der Waals surface area contributed by atoms with Crippen molar-refractivity contribution in [1.29, 1.82) is 0 Å². The fourth-order valence-corrected chi connectivity index (χ4v) is 5.49. The highest BCUT2D eigenvalue weighted by molar-refractivity contribution is 7.87. The summed E-state index contributed by atoms with van der Waals surface area (Å²) in [4.78, 5) is 12.5. The van der Waals surface area contributed by atoms with E-state index in [1.54, 1.807) is 43.3 Å². The predicted octanol–water partition coefficient (Wildman–Crippen LogP) is 5.48. The van der Waals surface area contributed by atoms with Gasteiger partial charge in [-0.1, -0.05) is 42.0 Å². The van der Waals surface area contributed by atoms with E-state index in [9.17, 15) is 21.6 Å². The number of aryl methyl sites for hydroxylation is 2. The van der Waals surface area contributed by atoms with Crippen molar-refractivity contribution in [2.24, 2.45) is 0 Å². The normalized spacial score (nSPS) is 11.4. The Morgan fingerprint density at radius 3 is 1.95 bits per heavy atom. The maximum absolute atomic E-state index is 12.5. The first-order valence-electron chi connectivity index (χ1n) is 11.3. The molecule has 0 radical (unpaired) electrons. The first-order chi connectivity index (χ1) is 18.0. The van der Waals surface area contributed by atoms with E-state index < -0.39 is 26.3 Å². The van der Waals surface area contributed by atoms with E-state index >= 15 is 0 Å². The first-order valence-corrected chi connectivity index (χ1v) is 14.1. The van der Waals surface area contributed by atoms with E-state index in [1.807, 2.05) is 6.92 Å². The van der Waals surface area contributed by atoms with Crippen LogP contribution in [0.25, 0.3) is 0 Å². The third-order valence-corrected chi connectivity index (χ3v) is 7.96. The van der Waals surface area contributed by atoms with Crippen molar-refractivity contribution in [2.75, 3.05) is 10.6 Å². The van der Waals surface area contributed by atoms with Crippen molar-refractivity contribution in [1.82, 2.24) is 0 Å². The van der Waals surface area contributed by atoms with Crippen LogP contribution in [0.2, 0.25) is 0 Å². The summed E-state index contributed by atoms with van der Waals surface area (Å²) in [5.41, 5.74) is 2.14. The van der Waals surface area contributed by atoms with Crippen LogP contribution in [-0.2, 0) is 20.2 Å². The fraction of sp³-hybridized carbons (Fsp3) is 0.0741. The number of rotatable bonds is 8. The van der Waals surface area contributed by atoms with Gasteiger partial charge in [-0.25, -0.2) is 4.79 Å². The molecule has 0 spiro atoms. The van der Waals surface area contributed by atoms with Gasteiger partial charge in [0.2, 0.25) is 0 Å². The van der Waals surface area contributed by atoms with Crippen molar-refractivity contribution in [3.05, 3.63) is 108 Å². The van der Waals surface area contributed by atoms with Crippen LogP contribution in [0, 0.1) is 13.8 Å². The lowest BCUT2D eigenvalue weighted by Gasteiger charge is -2.11. The summed E-state index contributed by atoms with van der Waals surface area (Å²) in [6.07, 6.45) is 0. The van der Waals surface area contributed by atoms with Crippen molar-refractivity contribution >= 4 is 37.6 Å². The number of urea groups is 1. The van der Waals surface area contributed by atoms with Crippen LogP contribution in [0.4, 0.5) is 16.2 Å². The Labute approximate surface area is 221 Å². The van der Waals surface area contributed by atoms with Crippen LogP contribution in [0.5, 0.6) is 11.5 Å². The van der Waals surface area contributed by atoms with Crippen LogP contribution in [0.15, 0.2) is 107 Å². The molecule has 0 atom stereocenters. The summed E-state index contributed by atoms with van der Waals surface area (Å²) in [6.45, 7) is 3.52. The minimum atomic E-state index is -4.04. The van der Waals surface area contributed by atoms with Crippen LogP contribution in [0.1, 0.15) is 11.1 Å². The monoisotopic (exact) mass is 552 g/mol. The molecule has 0 aromatic heterocycles. The molecule has 0 saturated heterocycles. The topological polar surface area (TPSA) is 128 Å². The average molecular weight is 553 g/mol. The van der Waals surface area contributed by atoms with Gasteiger partial charge in [-0.2, -0.15) is 16.8 Å². The smallest absolute Gasteiger partial charge is 0.339 e. The van der Waals surface area contributed by atoms with Crippen LogP contribution in [-0.4, -0.2) is 22.9 Å². The quantitative estimate of drug-likeness (QED) is 0.277. The third-order valence-electron chi connectivity index (χ3n) is 5.29. The van der Waals surface area contributed by atoms with Gasteiger partial charge in [0.15, 0.2) is 0 Å². The molecule has 0 unspecified atom stereocenters. The highest BCUT2D eigenvalue weighted by atomic mass is 32.2. The van der Waals surface area contributed by atoms with Crippen molar-refractivity contribution in [2.45, 2.75) is 23.6 Å². The minimum absolute atomic E-state index is 0.0123. The number of benzene rings is 4. The van der Waals surface area contributed by atoms with Gasteiger partial charge in [0.25, 0.3) is 0 Å². The summed E-state index contributed by atoms with van der Waals surface area (Å²) in [6, 6.07) is 23.8. The molecule has 4 rings (SSSR count). The van der Waals surface area contributed by atoms with Gasteiger partial charge in [-0.3, -0.25) is 0 Å². The van der Waals surface area contributed by atoms with Gasteiger partial charge in [0, 0.05) is 17.4 Å².